The zero-order chi connectivity index (χ0) is 10.1. The molecule has 0 amide bonds. The van der Waals surface area contributed by atoms with Gasteiger partial charge in [0, 0.05) is 18.7 Å². The Kier molecular flexibility index (Phi) is 1.92. The maximum atomic E-state index is 9.31. The third-order valence-corrected chi connectivity index (χ3v) is 1.97. The first kappa shape index (κ1) is 8.68. The fourth-order valence-electron chi connectivity index (χ4n) is 1.33. The first-order valence-electron chi connectivity index (χ1n) is 4.35. The van der Waals surface area contributed by atoms with Gasteiger partial charge in [-0.05, 0) is 6.92 Å². The number of hydrogen-bond donors (Lipinski definition) is 3. The standard InChI is InChI=1S/C9H11N3O2/c1-2-11-12-5-10-6-3-8(13)9(14)4-7(6)12/h3-5,11,13-14H,2H2,1H3. The van der Waals surface area contributed by atoms with E-state index in [1.54, 1.807) is 11.0 Å². The van der Waals surface area contributed by atoms with Gasteiger partial charge < -0.3 is 15.6 Å². The molecule has 1 aromatic carbocycles. The molecule has 0 aliphatic carbocycles. The number of nitrogens with one attached hydrogen (secondary N) is 1. The molecule has 5 heteroatoms. The van der Waals surface area contributed by atoms with Crippen molar-refractivity contribution < 1.29 is 10.2 Å². The first-order valence-corrected chi connectivity index (χ1v) is 4.35. The number of phenols is 2. The zero-order valence-corrected chi connectivity index (χ0v) is 7.73. The predicted octanol–water partition coefficient (Wildman–Crippen LogP) is 1.01. The van der Waals surface area contributed by atoms with Gasteiger partial charge in [0.2, 0.25) is 0 Å². The molecule has 0 bridgehead atoms. The molecule has 0 atom stereocenters. The van der Waals surface area contributed by atoms with E-state index < -0.39 is 0 Å². The monoisotopic (exact) mass is 193 g/mol. The first-order chi connectivity index (χ1) is 6.72. The van der Waals surface area contributed by atoms with Crippen molar-refractivity contribution in [2.75, 3.05) is 12.0 Å². The summed E-state index contributed by atoms with van der Waals surface area (Å²) in [4.78, 5) is 4.07. The zero-order valence-electron chi connectivity index (χ0n) is 7.73. The van der Waals surface area contributed by atoms with Gasteiger partial charge in [0.05, 0.1) is 11.0 Å². The van der Waals surface area contributed by atoms with Crippen LogP contribution in [-0.4, -0.2) is 26.4 Å². The normalized spacial score (nSPS) is 10.6. The lowest BCUT2D eigenvalue weighted by Crippen LogP contribution is -2.11. The van der Waals surface area contributed by atoms with Gasteiger partial charge in [-0.25, -0.2) is 9.66 Å². The number of phenolic OH excluding ortho intramolecular Hbond substituents is 2. The molecule has 3 N–H and O–H groups in total. The second kappa shape index (κ2) is 3.10. The number of nitrogens with zero attached hydrogens (tertiary/aromatic N) is 2. The molecule has 0 aliphatic heterocycles. The van der Waals surface area contributed by atoms with Crippen molar-refractivity contribution in [2.45, 2.75) is 6.92 Å². The van der Waals surface area contributed by atoms with Crippen LogP contribution in [0.25, 0.3) is 11.0 Å². The molecular formula is C9H11N3O2. The summed E-state index contributed by atoms with van der Waals surface area (Å²) in [6.45, 7) is 2.72. The molecule has 0 unspecified atom stereocenters. The van der Waals surface area contributed by atoms with Crippen molar-refractivity contribution >= 4 is 11.0 Å². The van der Waals surface area contributed by atoms with Crippen LogP contribution in [0, 0.1) is 0 Å². The van der Waals surface area contributed by atoms with Crippen molar-refractivity contribution in [1.82, 2.24) is 9.66 Å². The Labute approximate surface area is 80.6 Å². The van der Waals surface area contributed by atoms with E-state index in [-0.39, 0.29) is 11.5 Å². The number of hydrogen-bond acceptors (Lipinski definition) is 4. The van der Waals surface area contributed by atoms with E-state index in [9.17, 15) is 10.2 Å². The number of rotatable bonds is 2. The molecule has 0 saturated carbocycles. The van der Waals surface area contributed by atoms with Crippen molar-refractivity contribution in [3.8, 4) is 11.5 Å². The lowest BCUT2D eigenvalue weighted by atomic mass is 10.3. The number of aromatic hydroxyl groups is 2. The van der Waals surface area contributed by atoms with E-state index in [0.29, 0.717) is 5.52 Å². The van der Waals surface area contributed by atoms with Gasteiger partial charge in [0.1, 0.15) is 6.33 Å². The minimum atomic E-state index is -0.153. The highest BCUT2D eigenvalue weighted by Gasteiger charge is 2.06. The molecule has 2 rings (SSSR count). The van der Waals surface area contributed by atoms with E-state index in [0.717, 1.165) is 12.1 Å². The van der Waals surface area contributed by atoms with E-state index in [2.05, 4.69) is 10.4 Å². The molecule has 0 spiro atoms. The van der Waals surface area contributed by atoms with Gasteiger partial charge in [0.15, 0.2) is 11.5 Å². The third kappa shape index (κ3) is 1.22. The molecule has 74 valence electrons. The molecule has 0 saturated heterocycles. The highest BCUT2D eigenvalue weighted by molar-refractivity contribution is 5.79. The summed E-state index contributed by atoms with van der Waals surface area (Å²) in [5, 5.41) is 18.5. The van der Waals surface area contributed by atoms with Gasteiger partial charge in [-0.1, -0.05) is 0 Å². The van der Waals surface area contributed by atoms with Crippen LogP contribution < -0.4 is 5.43 Å². The number of benzene rings is 1. The fraction of sp³-hybridized carbons (Fsp3) is 0.222. The number of fused-ring (bicyclic) bond motifs is 1. The Morgan fingerprint density at radius 1 is 1.36 bits per heavy atom. The molecule has 0 radical (unpaired) electrons. The van der Waals surface area contributed by atoms with Crippen molar-refractivity contribution in [3.63, 3.8) is 0 Å². The average Bonchev–Trinajstić information content (AvgIpc) is 2.51. The third-order valence-electron chi connectivity index (χ3n) is 1.97. The average molecular weight is 193 g/mol. The van der Waals surface area contributed by atoms with E-state index in [1.165, 1.54) is 12.1 Å². The van der Waals surface area contributed by atoms with Crippen molar-refractivity contribution in [3.05, 3.63) is 18.5 Å². The summed E-state index contributed by atoms with van der Waals surface area (Å²) in [5.41, 5.74) is 4.42. The highest BCUT2D eigenvalue weighted by Crippen LogP contribution is 2.28. The van der Waals surface area contributed by atoms with Crippen LogP contribution in [0.15, 0.2) is 18.5 Å². The highest BCUT2D eigenvalue weighted by atomic mass is 16.3. The van der Waals surface area contributed by atoms with Gasteiger partial charge in [-0.15, -0.1) is 0 Å². The summed E-state index contributed by atoms with van der Waals surface area (Å²) in [7, 11) is 0. The summed E-state index contributed by atoms with van der Waals surface area (Å²) in [6, 6.07) is 2.90. The van der Waals surface area contributed by atoms with Crippen LogP contribution in [0.1, 0.15) is 6.92 Å². The molecule has 1 aromatic heterocycles. The molecule has 0 aliphatic rings. The van der Waals surface area contributed by atoms with E-state index in [4.69, 9.17) is 0 Å². The SMILES string of the molecule is CCNn1cnc2cc(O)c(O)cc21. The Morgan fingerprint density at radius 2 is 2.07 bits per heavy atom. The van der Waals surface area contributed by atoms with Crippen molar-refractivity contribution in [1.29, 1.82) is 0 Å². The number of aromatic nitrogens is 2. The maximum Gasteiger partial charge on any atom is 0.159 e. The van der Waals surface area contributed by atoms with Crippen LogP contribution in [0.5, 0.6) is 11.5 Å². The maximum absolute atomic E-state index is 9.31. The van der Waals surface area contributed by atoms with Gasteiger partial charge in [0.25, 0.3) is 0 Å². The topological polar surface area (TPSA) is 70.3 Å². The Balaban J connectivity index is 2.61. The fourth-order valence-corrected chi connectivity index (χ4v) is 1.33. The van der Waals surface area contributed by atoms with Gasteiger partial charge in [-0.2, -0.15) is 0 Å². The quantitative estimate of drug-likeness (QED) is 0.622. The van der Waals surface area contributed by atoms with E-state index >= 15 is 0 Å². The minimum Gasteiger partial charge on any atom is -0.504 e. The summed E-state index contributed by atoms with van der Waals surface area (Å²) in [5.74, 6) is -0.295. The largest absolute Gasteiger partial charge is 0.504 e. The summed E-state index contributed by atoms with van der Waals surface area (Å²) in [6.07, 6.45) is 1.60. The molecule has 1 heterocycles. The van der Waals surface area contributed by atoms with Crippen LogP contribution in [0.2, 0.25) is 0 Å². The molecule has 2 aromatic rings. The summed E-state index contributed by atoms with van der Waals surface area (Å²) < 4.78 is 1.70. The Morgan fingerprint density at radius 3 is 2.79 bits per heavy atom. The van der Waals surface area contributed by atoms with Gasteiger partial charge in [-0.3, -0.25) is 0 Å². The number of imidazole rings is 1. The van der Waals surface area contributed by atoms with Crippen LogP contribution >= 0.6 is 0 Å². The summed E-state index contributed by atoms with van der Waals surface area (Å²) >= 11 is 0. The Hall–Kier alpha value is -1.91. The molecule has 0 fully saturated rings. The minimum absolute atomic E-state index is 0.142. The Bertz CT molecular complexity index is 464. The lowest BCUT2D eigenvalue weighted by molar-refractivity contribution is 0.404. The van der Waals surface area contributed by atoms with Crippen LogP contribution in [0.4, 0.5) is 0 Å². The second-order valence-corrected chi connectivity index (χ2v) is 2.96. The molecular weight excluding hydrogens is 182 g/mol. The van der Waals surface area contributed by atoms with Crippen LogP contribution in [-0.2, 0) is 0 Å². The molecule has 5 nitrogen and oxygen atoms in total. The van der Waals surface area contributed by atoms with Crippen LogP contribution in [0.3, 0.4) is 0 Å². The smallest absolute Gasteiger partial charge is 0.159 e. The predicted molar refractivity (Wildman–Crippen MR) is 53.0 cm³/mol. The molecule has 14 heavy (non-hydrogen) atoms. The van der Waals surface area contributed by atoms with Gasteiger partial charge >= 0.3 is 0 Å². The van der Waals surface area contributed by atoms with Crippen molar-refractivity contribution in [2.24, 2.45) is 0 Å². The lowest BCUT2D eigenvalue weighted by Gasteiger charge is -2.05. The second-order valence-electron chi connectivity index (χ2n) is 2.96. The van der Waals surface area contributed by atoms with E-state index in [1.807, 2.05) is 6.92 Å².